The number of aromatic amines is 1. The Morgan fingerprint density at radius 3 is 2.78 bits per heavy atom. The Bertz CT molecular complexity index is 1330. The van der Waals surface area contributed by atoms with Crippen molar-refractivity contribution in [1.29, 1.82) is 0 Å². The highest BCUT2D eigenvalue weighted by Crippen LogP contribution is 2.41. The van der Waals surface area contributed by atoms with Gasteiger partial charge in [-0.25, -0.2) is 9.97 Å². The maximum Gasteiger partial charge on any atom is 0.260 e. The van der Waals surface area contributed by atoms with E-state index in [1.165, 1.54) is 43.9 Å². The van der Waals surface area contributed by atoms with Crippen molar-refractivity contribution in [2.45, 2.75) is 63.3 Å². The van der Waals surface area contributed by atoms with E-state index < -0.39 is 0 Å². The van der Waals surface area contributed by atoms with Gasteiger partial charge in [0.15, 0.2) is 5.65 Å². The van der Waals surface area contributed by atoms with Crippen molar-refractivity contribution in [3.05, 3.63) is 53.0 Å². The molecule has 1 aromatic carbocycles. The molecule has 0 amide bonds. The fourth-order valence-electron chi connectivity index (χ4n) is 5.95. The summed E-state index contributed by atoms with van der Waals surface area (Å²) >= 11 is 0. The summed E-state index contributed by atoms with van der Waals surface area (Å²) in [6, 6.07) is 6.91. The number of rotatable bonds is 4. The molecule has 3 heterocycles. The van der Waals surface area contributed by atoms with Gasteiger partial charge in [-0.1, -0.05) is 19.3 Å². The lowest BCUT2D eigenvalue weighted by molar-refractivity contribution is 0.229. The number of nitrogens with one attached hydrogen (secondary N) is 1. The van der Waals surface area contributed by atoms with Crippen LogP contribution in [-0.2, 0) is 0 Å². The van der Waals surface area contributed by atoms with Gasteiger partial charge in [-0.2, -0.15) is 0 Å². The second kappa shape index (κ2) is 7.89. The van der Waals surface area contributed by atoms with Gasteiger partial charge >= 0.3 is 0 Å². The van der Waals surface area contributed by atoms with Crippen molar-refractivity contribution in [2.75, 3.05) is 6.61 Å². The lowest BCUT2D eigenvalue weighted by Crippen LogP contribution is -2.11. The Hall–Kier alpha value is -2.93. The SMILES string of the molecule is O=c1[nH]cnc2c1c(C1CCC(CO)C1)cn2-c1ccc2c(c1)ncn2C1CCCCC1. The van der Waals surface area contributed by atoms with Crippen molar-refractivity contribution < 1.29 is 5.11 Å². The van der Waals surface area contributed by atoms with Crippen molar-refractivity contribution in [2.24, 2.45) is 5.92 Å². The first-order valence-corrected chi connectivity index (χ1v) is 11.9. The number of nitrogens with zero attached hydrogens (tertiary/aromatic N) is 4. The number of aliphatic hydroxyl groups excluding tert-OH is 1. The third-order valence-electron chi connectivity index (χ3n) is 7.66. The Morgan fingerprint density at radius 1 is 1.09 bits per heavy atom. The molecule has 166 valence electrons. The zero-order chi connectivity index (χ0) is 21.7. The first-order valence-electron chi connectivity index (χ1n) is 11.9. The fraction of sp³-hybridized carbons (Fsp3) is 0.480. The Kier molecular flexibility index (Phi) is 4.86. The van der Waals surface area contributed by atoms with E-state index in [1.54, 1.807) is 0 Å². The second-order valence-corrected chi connectivity index (χ2v) is 9.56. The van der Waals surface area contributed by atoms with E-state index in [0.29, 0.717) is 23.0 Å². The number of fused-ring (bicyclic) bond motifs is 2. The highest BCUT2D eigenvalue weighted by atomic mass is 16.3. The largest absolute Gasteiger partial charge is 0.396 e. The summed E-state index contributed by atoms with van der Waals surface area (Å²) in [6.07, 6.45) is 14.8. The van der Waals surface area contributed by atoms with Gasteiger partial charge in [-0.15, -0.1) is 0 Å². The van der Waals surface area contributed by atoms with E-state index in [9.17, 15) is 9.90 Å². The van der Waals surface area contributed by atoms with E-state index >= 15 is 0 Å². The molecule has 4 aromatic rings. The van der Waals surface area contributed by atoms with Gasteiger partial charge in [-0.3, -0.25) is 4.79 Å². The molecule has 6 rings (SSSR count). The molecule has 3 aromatic heterocycles. The Labute approximate surface area is 186 Å². The van der Waals surface area contributed by atoms with Crippen LogP contribution in [0.1, 0.15) is 68.9 Å². The third kappa shape index (κ3) is 3.18. The number of hydrogen-bond donors (Lipinski definition) is 2. The summed E-state index contributed by atoms with van der Waals surface area (Å²) in [7, 11) is 0. The number of aliphatic hydroxyl groups is 1. The van der Waals surface area contributed by atoms with Crippen LogP contribution in [-0.4, -0.2) is 35.8 Å². The van der Waals surface area contributed by atoms with Gasteiger partial charge in [0, 0.05) is 24.5 Å². The standard InChI is InChI=1S/C25H29N5O2/c31-13-16-6-7-17(10-16)20-12-29(24-23(20)25(32)27-14-26-24)19-8-9-22-21(11-19)28-15-30(22)18-4-2-1-3-5-18/h8-9,11-12,14-18,31H,1-7,10,13H2,(H,26,27,32). The van der Waals surface area contributed by atoms with E-state index in [-0.39, 0.29) is 18.1 Å². The van der Waals surface area contributed by atoms with Crippen LogP contribution >= 0.6 is 0 Å². The first-order chi connectivity index (χ1) is 15.7. The lowest BCUT2D eigenvalue weighted by atomic mass is 9.95. The first kappa shape index (κ1) is 19.7. The fourth-order valence-corrected chi connectivity index (χ4v) is 5.95. The molecule has 0 saturated heterocycles. The minimum Gasteiger partial charge on any atom is -0.396 e. The third-order valence-corrected chi connectivity index (χ3v) is 7.66. The molecule has 2 saturated carbocycles. The Balaban J connectivity index is 1.44. The second-order valence-electron chi connectivity index (χ2n) is 9.56. The van der Waals surface area contributed by atoms with Crippen LogP contribution in [0.4, 0.5) is 0 Å². The molecule has 0 bridgehead atoms. The summed E-state index contributed by atoms with van der Waals surface area (Å²) in [5.74, 6) is 0.588. The smallest absolute Gasteiger partial charge is 0.260 e. The monoisotopic (exact) mass is 431 g/mol. The number of aromatic nitrogens is 5. The molecule has 7 nitrogen and oxygen atoms in total. The maximum atomic E-state index is 12.8. The highest BCUT2D eigenvalue weighted by Gasteiger charge is 2.29. The van der Waals surface area contributed by atoms with Crippen LogP contribution in [0.15, 0.2) is 41.8 Å². The van der Waals surface area contributed by atoms with Gasteiger partial charge < -0.3 is 19.2 Å². The molecule has 2 atom stereocenters. The molecule has 0 aliphatic heterocycles. The normalized spacial score (nSPS) is 22.3. The molecule has 2 fully saturated rings. The van der Waals surface area contributed by atoms with E-state index in [4.69, 9.17) is 4.98 Å². The van der Waals surface area contributed by atoms with Crippen LogP contribution in [0.2, 0.25) is 0 Å². The number of H-pyrrole nitrogens is 1. The summed E-state index contributed by atoms with van der Waals surface area (Å²) in [6.45, 7) is 0.212. The topological polar surface area (TPSA) is 88.7 Å². The van der Waals surface area contributed by atoms with Gasteiger partial charge in [-0.05, 0) is 67.7 Å². The zero-order valence-corrected chi connectivity index (χ0v) is 18.2. The van der Waals surface area contributed by atoms with Gasteiger partial charge in [0.2, 0.25) is 0 Å². The Morgan fingerprint density at radius 2 is 1.97 bits per heavy atom. The molecule has 2 aliphatic rings. The van der Waals surface area contributed by atoms with Gasteiger partial charge in [0.25, 0.3) is 5.56 Å². The average molecular weight is 432 g/mol. The molecule has 0 spiro atoms. The summed E-state index contributed by atoms with van der Waals surface area (Å²) in [5.41, 5.74) is 4.74. The van der Waals surface area contributed by atoms with Crippen molar-refractivity contribution >= 4 is 22.1 Å². The van der Waals surface area contributed by atoms with Crippen LogP contribution in [0.5, 0.6) is 0 Å². The van der Waals surface area contributed by atoms with Crippen molar-refractivity contribution in [3.8, 4) is 5.69 Å². The number of benzene rings is 1. The van der Waals surface area contributed by atoms with E-state index in [0.717, 1.165) is 36.0 Å². The van der Waals surface area contributed by atoms with Crippen LogP contribution in [0.25, 0.3) is 27.8 Å². The van der Waals surface area contributed by atoms with E-state index in [1.807, 2.05) is 10.9 Å². The molecular formula is C25H29N5O2. The van der Waals surface area contributed by atoms with Crippen molar-refractivity contribution in [3.63, 3.8) is 0 Å². The molecule has 7 heteroatoms. The van der Waals surface area contributed by atoms with E-state index in [2.05, 4.69) is 38.9 Å². The van der Waals surface area contributed by atoms with Crippen LogP contribution < -0.4 is 5.56 Å². The zero-order valence-electron chi connectivity index (χ0n) is 18.2. The predicted molar refractivity (Wildman–Crippen MR) is 124 cm³/mol. The molecule has 32 heavy (non-hydrogen) atoms. The highest BCUT2D eigenvalue weighted by molar-refractivity contribution is 5.84. The molecule has 2 aliphatic carbocycles. The average Bonchev–Trinajstić information content (AvgIpc) is 3.56. The molecule has 2 N–H and O–H groups in total. The minimum absolute atomic E-state index is 0.0983. The molecular weight excluding hydrogens is 402 g/mol. The summed E-state index contributed by atoms with van der Waals surface area (Å²) in [4.78, 5) is 24.8. The summed E-state index contributed by atoms with van der Waals surface area (Å²) in [5, 5.41) is 10.3. The number of hydrogen-bond acceptors (Lipinski definition) is 4. The van der Waals surface area contributed by atoms with Crippen molar-refractivity contribution in [1.82, 2.24) is 24.1 Å². The van der Waals surface area contributed by atoms with Crippen LogP contribution in [0.3, 0.4) is 0 Å². The minimum atomic E-state index is -0.0983. The van der Waals surface area contributed by atoms with Crippen LogP contribution in [0, 0.1) is 5.92 Å². The quantitative estimate of drug-likeness (QED) is 0.500. The molecule has 0 radical (unpaired) electrons. The number of imidazole rings is 1. The predicted octanol–water partition coefficient (Wildman–Crippen LogP) is 4.44. The van der Waals surface area contributed by atoms with Gasteiger partial charge in [0.05, 0.1) is 29.1 Å². The maximum absolute atomic E-state index is 12.8. The van der Waals surface area contributed by atoms with Gasteiger partial charge in [0.1, 0.15) is 0 Å². The molecule has 2 unspecified atom stereocenters. The lowest BCUT2D eigenvalue weighted by Gasteiger charge is -2.23. The summed E-state index contributed by atoms with van der Waals surface area (Å²) < 4.78 is 4.37.